The van der Waals surface area contributed by atoms with E-state index in [0.29, 0.717) is 25.4 Å². The molecule has 0 aromatic carbocycles. The molecule has 10 heavy (non-hydrogen) atoms. The zero-order valence-electron chi connectivity index (χ0n) is 6.64. The molecule has 2 atom stereocenters. The predicted octanol–water partition coefficient (Wildman–Crippen LogP) is 2.16. The van der Waals surface area contributed by atoms with Gasteiger partial charge in [-0.15, -0.1) is 0 Å². The minimum absolute atomic E-state index is 0.156. The highest BCUT2D eigenvalue weighted by molar-refractivity contribution is 4.72. The molecule has 1 aliphatic heterocycles. The lowest BCUT2D eigenvalue weighted by Gasteiger charge is -2.27. The van der Waals surface area contributed by atoms with Crippen molar-refractivity contribution in [2.75, 3.05) is 6.61 Å². The second-order valence-electron chi connectivity index (χ2n) is 3.27. The monoisotopic (exact) mass is 146 g/mol. The Morgan fingerprint density at radius 2 is 2.20 bits per heavy atom. The maximum Gasteiger partial charge on any atom is 0.105 e. The van der Waals surface area contributed by atoms with E-state index in [9.17, 15) is 4.39 Å². The third-order valence-corrected chi connectivity index (χ3v) is 1.99. The fourth-order valence-corrected chi connectivity index (χ4v) is 1.25. The van der Waals surface area contributed by atoms with E-state index in [4.69, 9.17) is 4.74 Å². The molecule has 0 unspecified atom stereocenters. The Morgan fingerprint density at radius 1 is 1.50 bits per heavy atom. The summed E-state index contributed by atoms with van der Waals surface area (Å²) in [5.74, 6) is 0.457. The minimum atomic E-state index is -0.624. The van der Waals surface area contributed by atoms with Crippen LogP contribution in [0.1, 0.15) is 26.7 Å². The van der Waals surface area contributed by atoms with Crippen LogP contribution in [0.25, 0.3) is 0 Å². The van der Waals surface area contributed by atoms with Crippen molar-refractivity contribution in [1.82, 2.24) is 0 Å². The zero-order valence-corrected chi connectivity index (χ0v) is 6.64. The standard InChI is InChI=1S/C8H15FO/c1-6(2)8-5-7(9)3-4-10-8/h6-8H,3-5H2,1-2H3/t7-,8+/m1/s1. The lowest BCUT2D eigenvalue weighted by atomic mass is 9.98. The van der Waals surface area contributed by atoms with Gasteiger partial charge in [-0.05, 0) is 5.92 Å². The van der Waals surface area contributed by atoms with E-state index in [0.717, 1.165) is 0 Å². The molecule has 0 radical (unpaired) electrons. The van der Waals surface area contributed by atoms with Crippen LogP contribution in [0.15, 0.2) is 0 Å². The molecule has 1 saturated heterocycles. The lowest BCUT2D eigenvalue weighted by Crippen LogP contribution is -2.30. The maximum atomic E-state index is 12.7. The van der Waals surface area contributed by atoms with Gasteiger partial charge in [0.25, 0.3) is 0 Å². The van der Waals surface area contributed by atoms with Gasteiger partial charge in [0.15, 0.2) is 0 Å². The third-order valence-electron chi connectivity index (χ3n) is 1.99. The van der Waals surface area contributed by atoms with Crippen molar-refractivity contribution in [3.8, 4) is 0 Å². The Hall–Kier alpha value is -0.110. The van der Waals surface area contributed by atoms with Crippen molar-refractivity contribution in [2.24, 2.45) is 5.92 Å². The average molecular weight is 146 g/mol. The molecule has 1 fully saturated rings. The number of alkyl halides is 1. The molecular formula is C8H15FO. The first-order chi connectivity index (χ1) is 4.70. The molecule has 0 saturated carbocycles. The summed E-state index contributed by atoms with van der Waals surface area (Å²) in [5.41, 5.74) is 0. The van der Waals surface area contributed by atoms with Gasteiger partial charge in [0.05, 0.1) is 6.10 Å². The second kappa shape index (κ2) is 3.33. The molecule has 0 spiro atoms. The summed E-state index contributed by atoms with van der Waals surface area (Å²) in [4.78, 5) is 0. The molecule has 0 aromatic heterocycles. The van der Waals surface area contributed by atoms with E-state index in [1.807, 2.05) is 0 Å². The second-order valence-corrected chi connectivity index (χ2v) is 3.27. The highest BCUT2D eigenvalue weighted by Gasteiger charge is 2.23. The van der Waals surface area contributed by atoms with Gasteiger partial charge in [-0.25, -0.2) is 4.39 Å². The van der Waals surface area contributed by atoms with Crippen LogP contribution < -0.4 is 0 Å². The van der Waals surface area contributed by atoms with Crippen molar-refractivity contribution < 1.29 is 9.13 Å². The highest BCUT2D eigenvalue weighted by Crippen LogP contribution is 2.21. The van der Waals surface area contributed by atoms with Gasteiger partial charge in [-0.3, -0.25) is 0 Å². The third kappa shape index (κ3) is 1.94. The van der Waals surface area contributed by atoms with Crippen LogP contribution in [0.4, 0.5) is 4.39 Å². The Kier molecular flexibility index (Phi) is 2.66. The van der Waals surface area contributed by atoms with E-state index in [-0.39, 0.29) is 6.10 Å². The van der Waals surface area contributed by atoms with Crippen molar-refractivity contribution in [1.29, 1.82) is 0 Å². The molecule has 1 rings (SSSR count). The molecule has 60 valence electrons. The molecule has 1 aliphatic rings. The van der Waals surface area contributed by atoms with Gasteiger partial charge in [0.2, 0.25) is 0 Å². The van der Waals surface area contributed by atoms with Gasteiger partial charge in [0.1, 0.15) is 6.17 Å². The Bertz CT molecular complexity index is 103. The Morgan fingerprint density at radius 3 is 2.60 bits per heavy atom. The molecule has 0 aromatic rings. The fourth-order valence-electron chi connectivity index (χ4n) is 1.25. The van der Waals surface area contributed by atoms with E-state index < -0.39 is 6.17 Å². The molecule has 0 N–H and O–H groups in total. The number of hydrogen-bond acceptors (Lipinski definition) is 1. The summed E-state index contributed by atoms with van der Waals surface area (Å²) < 4.78 is 18.1. The maximum absolute atomic E-state index is 12.7. The number of halogens is 1. The van der Waals surface area contributed by atoms with E-state index in [1.165, 1.54) is 0 Å². The van der Waals surface area contributed by atoms with Crippen molar-refractivity contribution in [3.05, 3.63) is 0 Å². The topological polar surface area (TPSA) is 9.23 Å². The van der Waals surface area contributed by atoms with Crippen LogP contribution in [-0.2, 0) is 4.74 Å². The van der Waals surface area contributed by atoms with Gasteiger partial charge < -0.3 is 4.74 Å². The molecule has 0 amide bonds. The summed E-state index contributed by atoms with van der Waals surface area (Å²) in [7, 11) is 0. The molecule has 0 bridgehead atoms. The van der Waals surface area contributed by atoms with Crippen molar-refractivity contribution in [3.63, 3.8) is 0 Å². The summed E-state index contributed by atoms with van der Waals surface area (Å²) in [6, 6.07) is 0. The van der Waals surface area contributed by atoms with E-state index in [2.05, 4.69) is 13.8 Å². The Balaban J connectivity index is 2.32. The quantitative estimate of drug-likeness (QED) is 0.550. The SMILES string of the molecule is CC(C)[C@@H]1C[C@H](F)CCO1. The molecule has 1 nitrogen and oxygen atoms in total. The van der Waals surface area contributed by atoms with Crippen LogP contribution in [0, 0.1) is 5.92 Å². The van der Waals surface area contributed by atoms with Gasteiger partial charge in [0, 0.05) is 19.4 Å². The molecule has 2 heteroatoms. The lowest BCUT2D eigenvalue weighted by molar-refractivity contribution is -0.0411. The zero-order chi connectivity index (χ0) is 7.56. The van der Waals surface area contributed by atoms with E-state index in [1.54, 1.807) is 0 Å². The van der Waals surface area contributed by atoms with Crippen LogP contribution in [-0.4, -0.2) is 18.9 Å². The number of hydrogen-bond donors (Lipinski definition) is 0. The van der Waals surface area contributed by atoms with Crippen molar-refractivity contribution >= 4 is 0 Å². The molecular weight excluding hydrogens is 131 g/mol. The summed E-state index contributed by atoms with van der Waals surface area (Å²) in [6.07, 6.45) is 0.714. The van der Waals surface area contributed by atoms with Gasteiger partial charge in [-0.1, -0.05) is 13.8 Å². The van der Waals surface area contributed by atoms with Crippen LogP contribution in [0.2, 0.25) is 0 Å². The number of rotatable bonds is 1. The van der Waals surface area contributed by atoms with Crippen LogP contribution in [0.3, 0.4) is 0 Å². The summed E-state index contributed by atoms with van der Waals surface area (Å²) in [5, 5.41) is 0. The normalized spacial score (nSPS) is 34.8. The van der Waals surface area contributed by atoms with Crippen molar-refractivity contribution in [2.45, 2.75) is 39.0 Å². The number of ether oxygens (including phenoxy) is 1. The first-order valence-electron chi connectivity index (χ1n) is 3.96. The highest BCUT2D eigenvalue weighted by atomic mass is 19.1. The first-order valence-corrected chi connectivity index (χ1v) is 3.96. The van der Waals surface area contributed by atoms with Crippen LogP contribution >= 0.6 is 0 Å². The first kappa shape index (κ1) is 7.99. The van der Waals surface area contributed by atoms with Gasteiger partial charge in [-0.2, -0.15) is 0 Å². The summed E-state index contributed by atoms with van der Waals surface area (Å²) >= 11 is 0. The van der Waals surface area contributed by atoms with Gasteiger partial charge >= 0.3 is 0 Å². The minimum Gasteiger partial charge on any atom is -0.378 e. The van der Waals surface area contributed by atoms with Crippen LogP contribution in [0.5, 0.6) is 0 Å². The molecule has 0 aliphatic carbocycles. The largest absolute Gasteiger partial charge is 0.378 e. The Labute approximate surface area is 61.6 Å². The smallest absolute Gasteiger partial charge is 0.105 e. The summed E-state index contributed by atoms with van der Waals surface area (Å²) in [6.45, 7) is 4.75. The predicted molar refractivity (Wildman–Crippen MR) is 38.7 cm³/mol. The van der Waals surface area contributed by atoms with E-state index >= 15 is 0 Å². The average Bonchev–Trinajstić information content (AvgIpc) is 1.88. The fraction of sp³-hybridized carbons (Fsp3) is 1.00. The molecule has 1 heterocycles.